The summed E-state index contributed by atoms with van der Waals surface area (Å²) in [7, 11) is -0.327. The van der Waals surface area contributed by atoms with Crippen LogP contribution in [0.3, 0.4) is 0 Å². The zero-order valence-electron chi connectivity index (χ0n) is 14.0. The van der Waals surface area contributed by atoms with Gasteiger partial charge in [-0.3, -0.25) is 0 Å². The van der Waals surface area contributed by atoms with Gasteiger partial charge in [0.15, 0.2) is 8.32 Å². The first-order valence-corrected chi connectivity index (χ1v) is 10.5. The molecule has 0 aliphatic heterocycles. The van der Waals surface area contributed by atoms with E-state index in [1.807, 2.05) is 0 Å². The number of carbonyl (C=O) groups is 1. The highest BCUT2D eigenvalue weighted by Crippen LogP contribution is 2.27. The summed E-state index contributed by atoms with van der Waals surface area (Å²) >= 11 is 0. The molecule has 0 radical (unpaired) electrons. The Balaban J connectivity index is 4.91. The zero-order valence-corrected chi connectivity index (χ0v) is 15.0. The average Bonchev–Trinajstić information content (AvgIpc) is 2.49. The summed E-state index contributed by atoms with van der Waals surface area (Å²) < 4.78 is 11.3. The molecular weight excluding hydrogens is 268 g/mol. The molecule has 0 N–H and O–H groups in total. The molecule has 118 valence electrons. The molecule has 0 bridgehead atoms. The largest absolute Gasteiger partial charge is 0.466 e. The molecule has 0 aliphatic carbocycles. The first-order chi connectivity index (χ1) is 9.50. The molecule has 0 rings (SSSR count). The minimum atomic E-state index is -1.73. The second kappa shape index (κ2) is 10.2. The van der Waals surface area contributed by atoms with Crippen molar-refractivity contribution >= 4 is 14.3 Å². The van der Waals surface area contributed by atoms with E-state index in [9.17, 15) is 4.79 Å². The molecule has 4 heteroatoms. The van der Waals surface area contributed by atoms with Crippen LogP contribution in [0.15, 0.2) is 12.2 Å². The topological polar surface area (TPSA) is 35.5 Å². The van der Waals surface area contributed by atoms with Gasteiger partial charge in [-0.1, -0.05) is 53.5 Å². The van der Waals surface area contributed by atoms with Gasteiger partial charge in [-0.15, -0.1) is 0 Å². The van der Waals surface area contributed by atoms with Gasteiger partial charge in [-0.2, -0.15) is 0 Å². The molecule has 3 nitrogen and oxygen atoms in total. The molecular formula is C16H32O3Si. The fourth-order valence-electron chi connectivity index (χ4n) is 2.45. The van der Waals surface area contributed by atoms with Crippen molar-refractivity contribution in [2.75, 3.05) is 7.11 Å². The van der Waals surface area contributed by atoms with E-state index in [1.54, 1.807) is 0 Å². The number of rotatable bonds is 11. The van der Waals surface area contributed by atoms with Crippen LogP contribution in [0.2, 0.25) is 18.1 Å². The minimum absolute atomic E-state index is 0.166. The smallest absolute Gasteiger partial charge is 0.335 e. The van der Waals surface area contributed by atoms with Crippen LogP contribution in [0.4, 0.5) is 0 Å². The summed E-state index contributed by atoms with van der Waals surface area (Å²) in [5.41, 5.74) is 0.482. The van der Waals surface area contributed by atoms with Crippen LogP contribution in [0.25, 0.3) is 0 Å². The molecule has 0 aromatic heterocycles. The Labute approximate surface area is 125 Å². The lowest BCUT2D eigenvalue weighted by molar-refractivity contribution is -0.137. The van der Waals surface area contributed by atoms with Crippen LogP contribution in [0.5, 0.6) is 0 Å². The summed E-state index contributed by atoms with van der Waals surface area (Å²) in [5.74, 6) is -0.335. The number of methoxy groups -OCH3 is 1. The van der Waals surface area contributed by atoms with E-state index in [2.05, 4.69) is 34.3 Å². The maximum absolute atomic E-state index is 11.8. The highest BCUT2D eigenvalue weighted by molar-refractivity contribution is 6.73. The number of esters is 1. The number of hydrogen-bond donors (Lipinski definition) is 0. The molecule has 0 unspecified atom stereocenters. The molecule has 0 aromatic carbocycles. The molecule has 20 heavy (non-hydrogen) atoms. The summed E-state index contributed by atoms with van der Waals surface area (Å²) in [6.07, 6.45) is 4.10. The summed E-state index contributed by atoms with van der Waals surface area (Å²) in [6, 6.07) is 3.25. The Bertz CT molecular complexity index is 290. The van der Waals surface area contributed by atoms with Crippen LogP contribution in [-0.4, -0.2) is 27.5 Å². The minimum Gasteiger partial charge on any atom is -0.466 e. The van der Waals surface area contributed by atoms with E-state index in [1.165, 1.54) is 7.11 Å². The Morgan fingerprint density at radius 2 is 1.65 bits per heavy atom. The number of hydrogen-bond acceptors (Lipinski definition) is 3. The second-order valence-corrected chi connectivity index (χ2v) is 10.1. The average molecular weight is 301 g/mol. The van der Waals surface area contributed by atoms with Crippen molar-refractivity contribution in [1.82, 2.24) is 0 Å². The first kappa shape index (κ1) is 19.4. The lowest BCUT2D eigenvalue weighted by Gasteiger charge is -2.33. The number of ether oxygens (including phenoxy) is 1. The molecule has 0 spiro atoms. The van der Waals surface area contributed by atoms with E-state index < -0.39 is 8.32 Å². The third kappa shape index (κ3) is 5.79. The number of carbonyl (C=O) groups excluding carboxylic acids is 1. The standard InChI is InChI=1S/C16H32O3Si/c1-7-11-12-13-15(14(5)16(17)18-6)19-20(8-2,9-3)10-4/h15H,5,7-13H2,1-4,6H3/t15-/m0/s1. The Kier molecular flexibility index (Phi) is 9.85. The van der Waals surface area contributed by atoms with E-state index in [0.29, 0.717) is 5.57 Å². The maximum atomic E-state index is 11.8. The maximum Gasteiger partial charge on any atom is 0.335 e. The monoisotopic (exact) mass is 300 g/mol. The molecule has 0 fully saturated rings. The van der Waals surface area contributed by atoms with Crippen LogP contribution in [-0.2, 0) is 14.0 Å². The van der Waals surface area contributed by atoms with Crippen LogP contribution in [0, 0.1) is 0 Å². The predicted octanol–water partition coefficient (Wildman–Crippen LogP) is 4.69. The zero-order chi connectivity index (χ0) is 15.6. The van der Waals surface area contributed by atoms with Gasteiger partial charge in [0.25, 0.3) is 0 Å². The molecule has 0 aliphatic rings. The van der Waals surface area contributed by atoms with E-state index >= 15 is 0 Å². The molecule has 0 saturated heterocycles. The Morgan fingerprint density at radius 3 is 2.05 bits per heavy atom. The first-order valence-electron chi connectivity index (χ1n) is 7.95. The van der Waals surface area contributed by atoms with E-state index in [4.69, 9.17) is 9.16 Å². The summed E-state index contributed by atoms with van der Waals surface area (Å²) in [4.78, 5) is 11.8. The van der Waals surface area contributed by atoms with E-state index in [0.717, 1.165) is 43.8 Å². The van der Waals surface area contributed by atoms with Gasteiger partial charge in [0.2, 0.25) is 0 Å². The third-order valence-electron chi connectivity index (χ3n) is 4.23. The Hall–Kier alpha value is -0.613. The predicted molar refractivity (Wildman–Crippen MR) is 87.4 cm³/mol. The lowest BCUT2D eigenvalue weighted by atomic mass is 10.0. The SMILES string of the molecule is C=C(C(=O)OC)[C@H](CCCCC)O[Si](CC)(CC)CC. The number of unbranched alkanes of at least 4 members (excludes halogenated alkanes) is 2. The third-order valence-corrected chi connectivity index (χ3v) is 8.88. The molecule has 0 heterocycles. The van der Waals surface area contributed by atoms with Crippen molar-refractivity contribution in [3.63, 3.8) is 0 Å². The van der Waals surface area contributed by atoms with Crippen LogP contribution in [0.1, 0.15) is 53.4 Å². The Morgan fingerprint density at radius 1 is 1.10 bits per heavy atom. The second-order valence-electron chi connectivity index (χ2n) is 5.36. The van der Waals surface area contributed by atoms with Gasteiger partial charge < -0.3 is 9.16 Å². The van der Waals surface area contributed by atoms with E-state index in [-0.39, 0.29) is 12.1 Å². The van der Waals surface area contributed by atoms with Crippen molar-refractivity contribution < 1.29 is 14.0 Å². The van der Waals surface area contributed by atoms with Gasteiger partial charge in [0.1, 0.15) is 0 Å². The van der Waals surface area contributed by atoms with Crippen molar-refractivity contribution in [2.45, 2.75) is 77.6 Å². The van der Waals surface area contributed by atoms with Gasteiger partial charge in [-0.25, -0.2) is 4.79 Å². The van der Waals surface area contributed by atoms with Crippen LogP contribution < -0.4 is 0 Å². The van der Waals surface area contributed by atoms with Crippen LogP contribution >= 0.6 is 0 Å². The highest BCUT2D eigenvalue weighted by Gasteiger charge is 2.34. The summed E-state index contributed by atoms with van der Waals surface area (Å²) in [6.45, 7) is 12.7. The quantitative estimate of drug-likeness (QED) is 0.240. The molecule has 0 saturated carbocycles. The van der Waals surface area contributed by atoms with Gasteiger partial charge >= 0.3 is 5.97 Å². The van der Waals surface area contributed by atoms with Crippen molar-refractivity contribution in [3.05, 3.63) is 12.2 Å². The van der Waals surface area contributed by atoms with Crippen molar-refractivity contribution in [1.29, 1.82) is 0 Å². The van der Waals surface area contributed by atoms with Gasteiger partial charge in [-0.05, 0) is 24.6 Å². The normalized spacial score (nSPS) is 13.1. The van der Waals surface area contributed by atoms with Gasteiger partial charge in [0, 0.05) is 0 Å². The summed E-state index contributed by atoms with van der Waals surface area (Å²) in [5, 5.41) is 0. The highest BCUT2D eigenvalue weighted by atomic mass is 28.4. The molecule has 0 amide bonds. The molecule has 0 aromatic rings. The van der Waals surface area contributed by atoms with Crippen molar-refractivity contribution in [2.24, 2.45) is 0 Å². The van der Waals surface area contributed by atoms with Crippen molar-refractivity contribution in [3.8, 4) is 0 Å². The fraction of sp³-hybridized carbons (Fsp3) is 0.812. The van der Waals surface area contributed by atoms with Gasteiger partial charge in [0.05, 0.1) is 18.8 Å². The lowest BCUT2D eigenvalue weighted by Crippen LogP contribution is -2.41. The fourth-order valence-corrected chi connectivity index (χ4v) is 5.31. The molecule has 1 atom stereocenters.